The van der Waals surface area contributed by atoms with Gasteiger partial charge in [-0.15, -0.1) is 0 Å². The molecule has 1 aromatic carbocycles. The van der Waals surface area contributed by atoms with Crippen molar-refractivity contribution in [3.05, 3.63) is 29.3 Å². The maximum atomic E-state index is 5.89. The second-order valence-corrected chi connectivity index (χ2v) is 5.98. The van der Waals surface area contributed by atoms with Crippen LogP contribution in [0.4, 0.5) is 5.69 Å². The highest BCUT2D eigenvalue weighted by Gasteiger charge is 2.31. The van der Waals surface area contributed by atoms with Crippen molar-refractivity contribution in [3.63, 3.8) is 0 Å². The molecular formula is C16H25ClN2O. The molecule has 1 saturated carbocycles. The summed E-state index contributed by atoms with van der Waals surface area (Å²) < 4.78 is 5.22. The molecule has 1 aromatic rings. The van der Waals surface area contributed by atoms with Crippen molar-refractivity contribution < 1.29 is 4.74 Å². The van der Waals surface area contributed by atoms with Crippen LogP contribution < -0.4 is 5.32 Å². The van der Waals surface area contributed by atoms with Crippen LogP contribution in [0.5, 0.6) is 0 Å². The molecule has 0 amide bonds. The molecule has 0 spiro atoms. The van der Waals surface area contributed by atoms with Crippen LogP contribution in [0, 0.1) is 5.92 Å². The largest absolute Gasteiger partial charge is 0.384 e. The van der Waals surface area contributed by atoms with Gasteiger partial charge in [0.05, 0.1) is 6.61 Å². The van der Waals surface area contributed by atoms with E-state index < -0.39 is 0 Å². The highest BCUT2D eigenvalue weighted by Crippen LogP contribution is 2.34. The van der Waals surface area contributed by atoms with E-state index in [0.29, 0.717) is 6.04 Å². The Morgan fingerprint density at radius 2 is 2.00 bits per heavy atom. The minimum absolute atomic E-state index is 0.664. The number of ether oxygens (including phenoxy) is 1. The SMILES string of the molecule is COCCN(CCNc1ccc(Cl)cc1)C(C)C1CC1. The van der Waals surface area contributed by atoms with Gasteiger partial charge in [0, 0.05) is 43.5 Å². The summed E-state index contributed by atoms with van der Waals surface area (Å²) in [7, 11) is 1.77. The van der Waals surface area contributed by atoms with Crippen molar-refractivity contribution in [2.45, 2.75) is 25.8 Å². The fourth-order valence-corrected chi connectivity index (χ4v) is 2.64. The van der Waals surface area contributed by atoms with Crippen LogP contribution in [0.2, 0.25) is 5.02 Å². The molecule has 4 heteroatoms. The number of methoxy groups -OCH3 is 1. The molecule has 1 N–H and O–H groups in total. The molecule has 1 aliphatic carbocycles. The van der Waals surface area contributed by atoms with E-state index in [1.807, 2.05) is 24.3 Å². The van der Waals surface area contributed by atoms with Crippen LogP contribution in [0.3, 0.4) is 0 Å². The average Bonchev–Trinajstić information content (AvgIpc) is 3.28. The van der Waals surface area contributed by atoms with E-state index in [1.54, 1.807) is 7.11 Å². The monoisotopic (exact) mass is 296 g/mol. The third-order valence-electron chi connectivity index (χ3n) is 4.04. The summed E-state index contributed by atoms with van der Waals surface area (Å²) in [6.07, 6.45) is 2.77. The number of rotatable bonds is 9. The average molecular weight is 297 g/mol. The highest BCUT2D eigenvalue weighted by molar-refractivity contribution is 6.30. The first-order valence-corrected chi connectivity index (χ1v) is 7.81. The second kappa shape index (κ2) is 7.87. The Labute approximate surface area is 127 Å². The summed E-state index contributed by atoms with van der Waals surface area (Å²) in [5, 5.41) is 4.23. The molecule has 2 rings (SSSR count). The molecule has 0 saturated heterocycles. The van der Waals surface area contributed by atoms with Crippen LogP contribution in [-0.2, 0) is 4.74 Å². The molecule has 0 radical (unpaired) electrons. The van der Waals surface area contributed by atoms with Crippen molar-refractivity contribution in [1.29, 1.82) is 0 Å². The number of halogens is 1. The zero-order valence-electron chi connectivity index (χ0n) is 12.4. The van der Waals surface area contributed by atoms with Crippen LogP contribution in [0.15, 0.2) is 24.3 Å². The first-order valence-electron chi connectivity index (χ1n) is 7.43. The molecule has 1 atom stereocenters. The van der Waals surface area contributed by atoms with Gasteiger partial charge in [0.25, 0.3) is 0 Å². The van der Waals surface area contributed by atoms with Gasteiger partial charge in [-0.2, -0.15) is 0 Å². The van der Waals surface area contributed by atoms with Crippen molar-refractivity contribution in [2.24, 2.45) is 5.92 Å². The van der Waals surface area contributed by atoms with E-state index in [2.05, 4.69) is 17.1 Å². The van der Waals surface area contributed by atoms with E-state index in [9.17, 15) is 0 Å². The molecule has 0 aliphatic heterocycles. The number of benzene rings is 1. The summed E-state index contributed by atoms with van der Waals surface area (Å²) in [4.78, 5) is 2.53. The van der Waals surface area contributed by atoms with Crippen molar-refractivity contribution >= 4 is 17.3 Å². The summed E-state index contributed by atoms with van der Waals surface area (Å²) in [5.74, 6) is 0.891. The number of hydrogen-bond donors (Lipinski definition) is 1. The lowest BCUT2D eigenvalue weighted by molar-refractivity contribution is 0.120. The predicted octanol–water partition coefficient (Wildman–Crippen LogP) is 3.50. The summed E-state index contributed by atoms with van der Waals surface area (Å²) >= 11 is 5.89. The van der Waals surface area contributed by atoms with Gasteiger partial charge >= 0.3 is 0 Å². The molecule has 3 nitrogen and oxygen atoms in total. The standard InChI is InChI=1S/C16H25ClN2O/c1-13(14-3-4-14)19(11-12-20-2)10-9-18-16-7-5-15(17)6-8-16/h5-8,13-14,18H,3-4,9-12H2,1-2H3. The quantitative estimate of drug-likeness (QED) is 0.755. The molecule has 1 fully saturated rings. The fraction of sp³-hybridized carbons (Fsp3) is 0.625. The maximum absolute atomic E-state index is 5.89. The van der Waals surface area contributed by atoms with Gasteiger partial charge < -0.3 is 10.1 Å². The number of nitrogens with zero attached hydrogens (tertiary/aromatic N) is 1. The minimum Gasteiger partial charge on any atom is -0.384 e. The fourth-order valence-electron chi connectivity index (χ4n) is 2.52. The van der Waals surface area contributed by atoms with Gasteiger partial charge in [-0.1, -0.05) is 11.6 Å². The zero-order chi connectivity index (χ0) is 14.4. The lowest BCUT2D eigenvalue weighted by atomic mass is 10.2. The van der Waals surface area contributed by atoms with E-state index in [0.717, 1.165) is 42.9 Å². The summed E-state index contributed by atoms with van der Waals surface area (Å²) in [6.45, 7) is 6.15. The van der Waals surface area contributed by atoms with E-state index >= 15 is 0 Å². The molecule has 1 unspecified atom stereocenters. The Morgan fingerprint density at radius 1 is 1.30 bits per heavy atom. The second-order valence-electron chi connectivity index (χ2n) is 5.54. The van der Waals surface area contributed by atoms with Crippen molar-refractivity contribution in [3.8, 4) is 0 Å². The molecule has 0 bridgehead atoms. The smallest absolute Gasteiger partial charge is 0.0589 e. The molecule has 112 valence electrons. The molecular weight excluding hydrogens is 272 g/mol. The van der Waals surface area contributed by atoms with Crippen molar-refractivity contribution in [1.82, 2.24) is 4.90 Å². The van der Waals surface area contributed by atoms with Gasteiger partial charge in [-0.05, 0) is 49.9 Å². The van der Waals surface area contributed by atoms with E-state index in [-0.39, 0.29) is 0 Å². The zero-order valence-corrected chi connectivity index (χ0v) is 13.2. The summed E-state index contributed by atoms with van der Waals surface area (Å²) in [6, 6.07) is 8.54. The van der Waals surface area contributed by atoms with Crippen LogP contribution in [0.25, 0.3) is 0 Å². The van der Waals surface area contributed by atoms with Gasteiger partial charge in [0.15, 0.2) is 0 Å². The molecule has 1 aliphatic rings. The maximum Gasteiger partial charge on any atom is 0.0589 e. The van der Waals surface area contributed by atoms with Gasteiger partial charge in [-0.3, -0.25) is 4.90 Å². The van der Waals surface area contributed by atoms with E-state index in [1.165, 1.54) is 12.8 Å². The van der Waals surface area contributed by atoms with Crippen LogP contribution >= 0.6 is 11.6 Å². The van der Waals surface area contributed by atoms with E-state index in [4.69, 9.17) is 16.3 Å². The molecule has 0 aromatic heterocycles. The minimum atomic E-state index is 0.664. The first kappa shape index (κ1) is 15.6. The first-order chi connectivity index (χ1) is 9.70. The van der Waals surface area contributed by atoms with Gasteiger partial charge in [0.2, 0.25) is 0 Å². The van der Waals surface area contributed by atoms with Gasteiger partial charge in [0.1, 0.15) is 0 Å². The van der Waals surface area contributed by atoms with Crippen LogP contribution in [0.1, 0.15) is 19.8 Å². The third kappa shape index (κ3) is 4.97. The Hall–Kier alpha value is -0.770. The summed E-state index contributed by atoms with van der Waals surface area (Å²) in [5.41, 5.74) is 1.13. The topological polar surface area (TPSA) is 24.5 Å². The number of nitrogens with one attached hydrogen (secondary N) is 1. The number of anilines is 1. The molecule has 20 heavy (non-hydrogen) atoms. The van der Waals surface area contributed by atoms with Gasteiger partial charge in [-0.25, -0.2) is 0 Å². The Balaban J connectivity index is 1.76. The predicted molar refractivity (Wildman–Crippen MR) is 85.6 cm³/mol. The highest BCUT2D eigenvalue weighted by atomic mass is 35.5. The lowest BCUT2D eigenvalue weighted by Crippen LogP contribution is -2.40. The normalized spacial score (nSPS) is 16.4. The van der Waals surface area contributed by atoms with Crippen molar-refractivity contribution in [2.75, 3.05) is 38.7 Å². The third-order valence-corrected chi connectivity index (χ3v) is 4.29. The Kier molecular flexibility index (Phi) is 6.14. The Morgan fingerprint density at radius 3 is 2.60 bits per heavy atom. The lowest BCUT2D eigenvalue weighted by Gasteiger charge is -2.29. The molecule has 0 heterocycles. The van der Waals surface area contributed by atoms with Crippen LogP contribution in [-0.4, -0.2) is 44.3 Å². The Bertz CT molecular complexity index is 392. The number of hydrogen-bond acceptors (Lipinski definition) is 3.